The second kappa shape index (κ2) is 5.79. The van der Waals surface area contributed by atoms with E-state index in [4.69, 9.17) is 0 Å². The number of hydrogen-bond acceptors (Lipinski definition) is 3. The number of rotatable bonds is 7. The molecule has 0 aliphatic heterocycles. The van der Waals surface area contributed by atoms with E-state index in [0.29, 0.717) is 12.6 Å². The normalized spacial score (nSPS) is 33.6. The highest BCUT2D eigenvalue weighted by Gasteiger charge is 2.51. The molecule has 21 heavy (non-hydrogen) atoms. The third kappa shape index (κ3) is 2.84. The summed E-state index contributed by atoms with van der Waals surface area (Å²) in [6.45, 7) is 4.63. The standard InChI is InChI=1S/C16H24N2O3/c1-2-18(12-5-6-12)8-7-17-15(19)13-10-3-4-11(9-10)14(13)16(20)21/h3-4,10-14H,2,5-9H2,1H3,(H,17,19)(H,20,21). The molecular weight excluding hydrogens is 268 g/mol. The topological polar surface area (TPSA) is 69.6 Å². The van der Waals surface area contributed by atoms with Crippen molar-refractivity contribution in [2.75, 3.05) is 19.6 Å². The number of nitrogens with zero attached hydrogens (tertiary/aromatic N) is 1. The van der Waals surface area contributed by atoms with Crippen molar-refractivity contribution in [3.63, 3.8) is 0 Å². The molecule has 2 fully saturated rings. The number of carboxylic acid groups (broad SMARTS) is 1. The Labute approximate surface area is 125 Å². The van der Waals surface area contributed by atoms with Crippen LogP contribution in [-0.4, -0.2) is 47.6 Å². The lowest BCUT2D eigenvalue weighted by Gasteiger charge is -2.25. The van der Waals surface area contributed by atoms with Gasteiger partial charge in [-0.15, -0.1) is 0 Å². The van der Waals surface area contributed by atoms with Crippen molar-refractivity contribution in [2.45, 2.75) is 32.2 Å². The number of carbonyl (C=O) groups excluding carboxylic acids is 1. The van der Waals surface area contributed by atoms with Gasteiger partial charge in [-0.1, -0.05) is 19.1 Å². The molecule has 3 aliphatic rings. The molecular formula is C16H24N2O3. The van der Waals surface area contributed by atoms with Crippen molar-refractivity contribution in [1.29, 1.82) is 0 Å². The number of fused-ring (bicyclic) bond motifs is 2. The lowest BCUT2D eigenvalue weighted by molar-refractivity contribution is -0.147. The third-order valence-electron chi connectivity index (χ3n) is 5.21. The van der Waals surface area contributed by atoms with E-state index in [0.717, 1.165) is 19.5 Å². The summed E-state index contributed by atoms with van der Waals surface area (Å²) in [7, 11) is 0. The molecule has 4 unspecified atom stereocenters. The van der Waals surface area contributed by atoms with Gasteiger partial charge in [-0.05, 0) is 37.6 Å². The fourth-order valence-corrected chi connectivity index (χ4v) is 4.00. The van der Waals surface area contributed by atoms with Crippen LogP contribution in [0.4, 0.5) is 0 Å². The maximum absolute atomic E-state index is 12.4. The molecule has 0 aromatic carbocycles. The Morgan fingerprint density at radius 1 is 1.24 bits per heavy atom. The van der Waals surface area contributed by atoms with E-state index in [1.165, 1.54) is 12.8 Å². The summed E-state index contributed by atoms with van der Waals surface area (Å²) < 4.78 is 0. The monoisotopic (exact) mass is 292 g/mol. The Morgan fingerprint density at radius 3 is 2.48 bits per heavy atom. The molecule has 1 amide bonds. The molecule has 0 heterocycles. The largest absolute Gasteiger partial charge is 0.481 e. The maximum atomic E-state index is 12.4. The number of amides is 1. The molecule has 0 radical (unpaired) electrons. The Hall–Kier alpha value is -1.36. The van der Waals surface area contributed by atoms with Crippen molar-refractivity contribution >= 4 is 11.9 Å². The summed E-state index contributed by atoms with van der Waals surface area (Å²) in [5, 5.41) is 12.3. The van der Waals surface area contributed by atoms with Gasteiger partial charge in [0, 0.05) is 19.1 Å². The van der Waals surface area contributed by atoms with E-state index in [1.54, 1.807) is 0 Å². The summed E-state index contributed by atoms with van der Waals surface area (Å²) in [6.07, 6.45) is 7.34. The first kappa shape index (κ1) is 14.6. The molecule has 3 rings (SSSR count). The molecule has 2 bridgehead atoms. The van der Waals surface area contributed by atoms with Gasteiger partial charge >= 0.3 is 5.97 Å². The summed E-state index contributed by atoms with van der Waals surface area (Å²) in [4.78, 5) is 26.2. The van der Waals surface area contributed by atoms with Gasteiger partial charge in [-0.2, -0.15) is 0 Å². The van der Waals surface area contributed by atoms with Crippen molar-refractivity contribution in [2.24, 2.45) is 23.7 Å². The number of hydrogen-bond donors (Lipinski definition) is 2. The van der Waals surface area contributed by atoms with E-state index >= 15 is 0 Å². The van der Waals surface area contributed by atoms with Crippen LogP contribution in [0, 0.1) is 23.7 Å². The zero-order chi connectivity index (χ0) is 15.0. The van der Waals surface area contributed by atoms with Crippen LogP contribution in [0.3, 0.4) is 0 Å². The number of allylic oxidation sites excluding steroid dienone is 2. The van der Waals surface area contributed by atoms with Gasteiger partial charge in [0.15, 0.2) is 0 Å². The second-order valence-electron chi connectivity index (χ2n) is 6.49. The van der Waals surface area contributed by atoms with Crippen molar-refractivity contribution in [3.05, 3.63) is 12.2 Å². The smallest absolute Gasteiger partial charge is 0.307 e. The summed E-state index contributed by atoms with van der Waals surface area (Å²) >= 11 is 0. The van der Waals surface area contributed by atoms with Crippen LogP contribution >= 0.6 is 0 Å². The van der Waals surface area contributed by atoms with Crippen LogP contribution in [0.1, 0.15) is 26.2 Å². The molecule has 2 N–H and O–H groups in total. The lowest BCUT2D eigenvalue weighted by Crippen LogP contribution is -2.43. The van der Waals surface area contributed by atoms with E-state index < -0.39 is 11.9 Å². The molecule has 0 aromatic rings. The fourth-order valence-electron chi connectivity index (χ4n) is 4.00. The number of carbonyl (C=O) groups is 2. The molecule has 3 aliphatic carbocycles. The van der Waals surface area contributed by atoms with Gasteiger partial charge in [0.25, 0.3) is 0 Å². The van der Waals surface area contributed by atoms with Crippen LogP contribution in [0.25, 0.3) is 0 Å². The zero-order valence-electron chi connectivity index (χ0n) is 12.5. The summed E-state index contributed by atoms with van der Waals surface area (Å²) in [5.74, 6) is -1.67. The minimum absolute atomic E-state index is 0.0434. The SMILES string of the molecule is CCN(CCNC(=O)C1C2C=CC(C2)C1C(=O)O)C1CC1. The molecule has 2 saturated carbocycles. The quantitative estimate of drug-likeness (QED) is 0.690. The Kier molecular flexibility index (Phi) is 4.02. The van der Waals surface area contributed by atoms with Crippen LogP contribution < -0.4 is 5.32 Å². The predicted octanol–water partition coefficient (Wildman–Crippen LogP) is 1.11. The van der Waals surface area contributed by atoms with Gasteiger partial charge in [-0.25, -0.2) is 0 Å². The fraction of sp³-hybridized carbons (Fsp3) is 0.750. The van der Waals surface area contributed by atoms with E-state index in [1.807, 2.05) is 12.2 Å². The van der Waals surface area contributed by atoms with Crippen molar-refractivity contribution in [1.82, 2.24) is 10.2 Å². The van der Waals surface area contributed by atoms with E-state index in [9.17, 15) is 14.7 Å². The van der Waals surface area contributed by atoms with Gasteiger partial charge in [0.1, 0.15) is 0 Å². The van der Waals surface area contributed by atoms with Crippen molar-refractivity contribution in [3.8, 4) is 0 Å². The van der Waals surface area contributed by atoms with Gasteiger partial charge in [0.05, 0.1) is 11.8 Å². The number of carboxylic acids is 1. The zero-order valence-corrected chi connectivity index (χ0v) is 12.5. The number of nitrogens with one attached hydrogen (secondary N) is 1. The average molecular weight is 292 g/mol. The summed E-state index contributed by atoms with van der Waals surface area (Å²) in [5.41, 5.74) is 0. The van der Waals surface area contributed by atoms with E-state index in [-0.39, 0.29) is 23.7 Å². The second-order valence-corrected chi connectivity index (χ2v) is 6.49. The van der Waals surface area contributed by atoms with Gasteiger partial charge < -0.3 is 10.4 Å². The third-order valence-corrected chi connectivity index (χ3v) is 5.21. The molecule has 5 nitrogen and oxygen atoms in total. The molecule has 116 valence electrons. The van der Waals surface area contributed by atoms with Gasteiger partial charge in [-0.3, -0.25) is 14.5 Å². The predicted molar refractivity (Wildman–Crippen MR) is 78.6 cm³/mol. The van der Waals surface area contributed by atoms with Crippen LogP contribution in [-0.2, 0) is 9.59 Å². The minimum atomic E-state index is -0.833. The molecule has 0 saturated heterocycles. The first-order valence-electron chi connectivity index (χ1n) is 8.04. The lowest BCUT2D eigenvalue weighted by atomic mass is 9.82. The molecule has 0 aromatic heterocycles. The number of aliphatic carboxylic acids is 1. The molecule has 0 spiro atoms. The number of likely N-dealkylation sites (N-methyl/N-ethyl adjacent to an activating group) is 1. The average Bonchev–Trinajstić information content (AvgIpc) is 3.09. The van der Waals surface area contributed by atoms with Crippen LogP contribution in [0.15, 0.2) is 12.2 Å². The van der Waals surface area contributed by atoms with Crippen LogP contribution in [0.2, 0.25) is 0 Å². The summed E-state index contributed by atoms with van der Waals surface area (Å²) in [6, 6.07) is 0.698. The Balaban J connectivity index is 1.52. The minimum Gasteiger partial charge on any atom is -0.481 e. The Bertz CT molecular complexity index is 458. The Morgan fingerprint density at radius 2 is 1.90 bits per heavy atom. The van der Waals surface area contributed by atoms with E-state index in [2.05, 4.69) is 17.1 Å². The highest BCUT2D eigenvalue weighted by Crippen LogP contribution is 2.48. The van der Waals surface area contributed by atoms with Gasteiger partial charge in [0.2, 0.25) is 5.91 Å². The highest BCUT2D eigenvalue weighted by molar-refractivity contribution is 5.86. The molecule has 5 heteroatoms. The maximum Gasteiger partial charge on any atom is 0.307 e. The molecule has 4 atom stereocenters. The first-order chi connectivity index (χ1) is 10.1. The highest BCUT2D eigenvalue weighted by atomic mass is 16.4. The van der Waals surface area contributed by atoms with Crippen LogP contribution in [0.5, 0.6) is 0 Å². The van der Waals surface area contributed by atoms with Crippen molar-refractivity contribution < 1.29 is 14.7 Å². The first-order valence-corrected chi connectivity index (χ1v) is 8.04.